The molecule has 0 saturated heterocycles. The molecular formula is C18H17F4NO2S. The van der Waals surface area contributed by atoms with Crippen LogP contribution in [-0.4, -0.2) is 18.9 Å². The third-order valence-corrected chi connectivity index (χ3v) is 5.88. The minimum atomic E-state index is -5.55. The smallest absolute Gasteiger partial charge is 0.241 e. The summed E-state index contributed by atoms with van der Waals surface area (Å²) < 4.78 is 76.0. The number of rotatable bonds is 2. The minimum absolute atomic E-state index is 0.375. The Balaban J connectivity index is 2.25. The predicted octanol–water partition coefficient (Wildman–Crippen LogP) is 4.84. The van der Waals surface area contributed by atoms with Gasteiger partial charge in [-0.15, -0.1) is 0 Å². The van der Waals surface area contributed by atoms with Crippen molar-refractivity contribution in [2.75, 3.05) is 0 Å². The van der Waals surface area contributed by atoms with Crippen LogP contribution in [0.5, 0.6) is 0 Å². The van der Waals surface area contributed by atoms with Crippen LogP contribution in [0.1, 0.15) is 36.9 Å². The van der Waals surface area contributed by atoms with Crippen LogP contribution in [0.4, 0.5) is 17.6 Å². The van der Waals surface area contributed by atoms with Crippen LogP contribution in [-0.2, 0) is 22.7 Å². The van der Waals surface area contributed by atoms with Crippen LogP contribution in [0, 0.1) is 5.82 Å². The van der Waals surface area contributed by atoms with Gasteiger partial charge in [-0.3, -0.25) is 0 Å². The lowest BCUT2D eigenvalue weighted by atomic mass is 9.91. The molecule has 0 N–H and O–H groups in total. The first-order valence-electron chi connectivity index (χ1n) is 8.30. The Hall–Kier alpha value is -1.96. The quantitative estimate of drug-likeness (QED) is 0.693. The lowest BCUT2D eigenvalue weighted by molar-refractivity contribution is -0.0438. The number of fused-ring (bicyclic) bond motifs is 1. The monoisotopic (exact) mass is 387 g/mol. The van der Waals surface area contributed by atoms with Gasteiger partial charge in [-0.25, -0.2) is 17.8 Å². The zero-order valence-corrected chi connectivity index (χ0v) is 14.6. The molecular weight excluding hydrogens is 370 g/mol. The maximum atomic E-state index is 13.2. The van der Waals surface area contributed by atoms with Gasteiger partial charge in [-0.2, -0.15) is 13.2 Å². The Bertz CT molecular complexity index is 906. The SMILES string of the molecule is O=S(=O)(c1cc(-c2ccc(F)cc2)c2c(n1)CCCCCC2)C(F)(F)F. The van der Waals surface area contributed by atoms with E-state index in [1.165, 1.54) is 24.3 Å². The van der Waals surface area contributed by atoms with E-state index in [1.54, 1.807) is 0 Å². The van der Waals surface area contributed by atoms with Crippen LogP contribution in [0.15, 0.2) is 35.4 Å². The van der Waals surface area contributed by atoms with E-state index in [9.17, 15) is 26.0 Å². The van der Waals surface area contributed by atoms with Crippen LogP contribution in [0.2, 0.25) is 0 Å². The van der Waals surface area contributed by atoms with E-state index in [-0.39, 0.29) is 0 Å². The zero-order valence-electron chi connectivity index (χ0n) is 13.8. The number of benzene rings is 1. The molecule has 0 atom stereocenters. The second-order valence-corrected chi connectivity index (χ2v) is 8.19. The summed E-state index contributed by atoms with van der Waals surface area (Å²) in [5.41, 5.74) is -3.44. The van der Waals surface area contributed by atoms with Gasteiger partial charge in [0, 0.05) is 5.69 Å². The summed E-state index contributed by atoms with van der Waals surface area (Å²) in [7, 11) is -5.55. The molecule has 1 heterocycles. The number of hydrogen-bond donors (Lipinski definition) is 0. The highest BCUT2D eigenvalue weighted by atomic mass is 32.2. The molecule has 1 aromatic heterocycles. The first-order valence-corrected chi connectivity index (χ1v) is 9.78. The average molecular weight is 387 g/mol. The van der Waals surface area contributed by atoms with Crippen molar-refractivity contribution < 1.29 is 26.0 Å². The number of aromatic nitrogens is 1. The van der Waals surface area contributed by atoms with Gasteiger partial charge in [-0.05, 0) is 60.6 Å². The molecule has 1 aliphatic rings. The van der Waals surface area contributed by atoms with Gasteiger partial charge in [-0.1, -0.05) is 25.0 Å². The van der Waals surface area contributed by atoms with Gasteiger partial charge >= 0.3 is 5.51 Å². The summed E-state index contributed by atoms with van der Waals surface area (Å²) in [6.07, 6.45) is 4.51. The number of alkyl halides is 3. The second kappa shape index (κ2) is 6.98. The van der Waals surface area contributed by atoms with E-state index in [1.807, 2.05) is 0 Å². The molecule has 0 aliphatic heterocycles. The Morgan fingerprint density at radius 3 is 2.15 bits per heavy atom. The van der Waals surface area contributed by atoms with E-state index in [0.29, 0.717) is 29.7 Å². The Labute approximate surface area is 149 Å². The molecule has 0 saturated carbocycles. The maximum absolute atomic E-state index is 13.2. The summed E-state index contributed by atoms with van der Waals surface area (Å²) >= 11 is 0. The molecule has 0 amide bonds. The zero-order chi connectivity index (χ0) is 18.9. The molecule has 2 aromatic rings. The van der Waals surface area contributed by atoms with E-state index >= 15 is 0 Å². The van der Waals surface area contributed by atoms with E-state index in [2.05, 4.69) is 4.98 Å². The molecule has 3 nitrogen and oxygen atoms in total. The van der Waals surface area contributed by atoms with Crippen molar-refractivity contribution >= 4 is 9.84 Å². The van der Waals surface area contributed by atoms with Crippen molar-refractivity contribution in [3.8, 4) is 11.1 Å². The van der Waals surface area contributed by atoms with Gasteiger partial charge in [0.2, 0.25) is 0 Å². The van der Waals surface area contributed by atoms with Crippen LogP contribution < -0.4 is 0 Å². The molecule has 0 radical (unpaired) electrons. The normalized spacial score (nSPS) is 15.8. The highest BCUT2D eigenvalue weighted by molar-refractivity contribution is 7.92. The molecule has 0 bridgehead atoms. The van der Waals surface area contributed by atoms with Crippen molar-refractivity contribution in [3.63, 3.8) is 0 Å². The number of aryl methyl sites for hydroxylation is 1. The molecule has 140 valence electrons. The van der Waals surface area contributed by atoms with Crippen molar-refractivity contribution in [2.45, 2.75) is 49.1 Å². The maximum Gasteiger partial charge on any atom is 0.503 e. The number of nitrogens with zero attached hydrogens (tertiary/aromatic N) is 1. The predicted molar refractivity (Wildman–Crippen MR) is 88.7 cm³/mol. The molecule has 1 aliphatic carbocycles. The van der Waals surface area contributed by atoms with E-state index in [0.717, 1.165) is 37.3 Å². The topological polar surface area (TPSA) is 47.0 Å². The van der Waals surface area contributed by atoms with Crippen molar-refractivity contribution in [1.29, 1.82) is 0 Å². The first kappa shape index (κ1) is 18.8. The van der Waals surface area contributed by atoms with Gasteiger partial charge < -0.3 is 0 Å². The summed E-state index contributed by atoms with van der Waals surface area (Å²) in [6.45, 7) is 0. The Kier molecular flexibility index (Phi) is 5.05. The fraction of sp³-hybridized carbons (Fsp3) is 0.389. The van der Waals surface area contributed by atoms with Crippen molar-refractivity contribution in [1.82, 2.24) is 4.98 Å². The molecule has 1 aromatic carbocycles. The van der Waals surface area contributed by atoms with Gasteiger partial charge in [0.15, 0.2) is 5.03 Å². The molecule has 0 unspecified atom stereocenters. The largest absolute Gasteiger partial charge is 0.503 e. The number of sulfone groups is 1. The number of halogens is 4. The third kappa shape index (κ3) is 3.60. The molecule has 3 rings (SSSR count). The molecule has 0 fully saturated rings. The lowest BCUT2D eigenvalue weighted by Crippen LogP contribution is -2.25. The average Bonchev–Trinajstić information content (AvgIpc) is 2.54. The first-order chi connectivity index (χ1) is 12.2. The lowest BCUT2D eigenvalue weighted by Gasteiger charge is -2.19. The standard InChI is InChI=1S/C18H17F4NO2S/c19-13-9-7-12(8-10-13)15-11-17(26(24,25)18(20,21)22)23-16-6-4-2-1-3-5-14(15)16/h7-11H,1-6H2. The van der Waals surface area contributed by atoms with Crippen molar-refractivity contribution in [2.24, 2.45) is 0 Å². The summed E-state index contributed by atoms with van der Waals surface area (Å²) in [5, 5.41) is -0.997. The summed E-state index contributed by atoms with van der Waals surface area (Å²) in [5.74, 6) is -0.478. The van der Waals surface area contributed by atoms with E-state index < -0.39 is 26.2 Å². The van der Waals surface area contributed by atoms with Gasteiger partial charge in [0.05, 0.1) is 0 Å². The van der Waals surface area contributed by atoms with E-state index in [4.69, 9.17) is 0 Å². The third-order valence-electron chi connectivity index (χ3n) is 4.51. The Morgan fingerprint density at radius 2 is 1.54 bits per heavy atom. The summed E-state index contributed by atoms with van der Waals surface area (Å²) in [4.78, 5) is 3.87. The van der Waals surface area contributed by atoms with Crippen LogP contribution in [0.25, 0.3) is 11.1 Å². The van der Waals surface area contributed by atoms with Gasteiger partial charge in [0.25, 0.3) is 9.84 Å². The van der Waals surface area contributed by atoms with Crippen LogP contribution >= 0.6 is 0 Å². The number of pyridine rings is 1. The molecule has 8 heteroatoms. The van der Waals surface area contributed by atoms with Gasteiger partial charge in [0.1, 0.15) is 5.82 Å². The highest BCUT2D eigenvalue weighted by Gasteiger charge is 2.48. The van der Waals surface area contributed by atoms with Crippen LogP contribution in [0.3, 0.4) is 0 Å². The summed E-state index contributed by atoms with van der Waals surface area (Å²) in [6, 6.07) is 6.24. The molecule has 26 heavy (non-hydrogen) atoms. The van der Waals surface area contributed by atoms with Crippen molar-refractivity contribution in [3.05, 3.63) is 47.4 Å². The second-order valence-electron chi connectivity index (χ2n) is 6.30. The minimum Gasteiger partial charge on any atom is -0.241 e. The Morgan fingerprint density at radius 1 is 0.923 bits per heavy atom. The fourth-order valence-corrected chi connectivity index (χ4v) is 3.92. The fourth-order valence-electron chi connectivity index (χ4n) is 3.18. The molecule has 0 spiro atoms. The number of hydrogen-bond acceptors (Lipinski definition) is 3. The highest BCUT2D eigenvalue weighted by Crippen LogP contribution is 2.35.